The van der Waals surface area contributed by atoms with E-state index < -0.39 is 12.4 Å². The van der Waals surface area contributed by atoms with E-state index in [1.807, 2.05) is 0 Å². The van der Waals surface area contributed by atoms with E-state index in [0.29, 0.717) is 38.3 Å². The van der Waals surface area contributed by atoms with Gasteiger partial charge in [-0.2, -0.15) is 8.78 Å². The molecule has 4 aromatic rings. The van der Waals surface area contributed by atoms with Gasteiger partial charge in [0.1, 0.15) is 17.9 Å². The van der Waals surface area contributed by atoms with Crippen molar-refractivity contribution >= 4 is 40.3 Å². The van der Waals surface area contributed by atoms with E-state index in [-0.39, 0.29) is 18.0 Å². The highest BCUT2D eigenvalue weighted by Crippen LogP contribution is 2.33. The summed E-state index contributed by atoms with van der Waals surface area (Å²) in [5.41, 5.74) is 7.18. The largest absolute Gasteiger partial charge is 0.435 e. The minimum absolute atomic E-state index is 0.0279. The molecular formula is C20H15ClF3N5OS. The fraction of sp³-hybridized carbons (Fsp3) is 0.150. The third kappa shape index (κ3) is 4.70. The highest BCUT2D eigenvalue weighted by Gasteiger charge is 2.18. The van der Waals surface area contributed by atoms with Crippen molar-refractivity contribution in [2.45, 2.75) is 29.6 Å². The van der Waals surface area contributed by atoms with Gasteiger partial charge in [-0.15, -0.1) is 0 Å². The van der Waals surface area contributed by atoms with Crippen LogP contribution in [0, 0.1) is 5.82 Å². The predicted molar refractivity (Wildman–Crippen MR) is 112 cm³/mol. The molecule has 6 nitrogen and oxygen atoms in total. The average Bonchev–Trinajstić information content (AvgIpc) is 3.06. The second-order valence-corrected chi connectivity index (χ2v) is 7.83. The zero-order valence-electron chi connectivity index (χ0n) is 15.8. The molecule has 0 atom stereocenters. The molecule has 0 aliphatic heterocycles. The molecule has 2 N–H and O–H groups in total. The quantitative estimate of drug-likeness (QED) is 0.404. The topological polar surface area (TPSA) is 78.8 Å². The van der Waals surface area contributed by atoms with Gasteiger partial charge in [-0.3, -0.25) is 0 Å². The zero-order valence-corrected chi connectivity index (χ0v) is 17.4. The van der Waals surface area contributed by atoms with Gasteiger partial charge in [0, 0.05) is 22.0 Å². The zero-order chi connectivity index (χ0) is 22.0. The Morgan fingerprint density at radius 3 is 2.74 bits per heavy atom. The number of ether oxygens (including phenoxy) is 1. The molecule has 2 aromatic carbocycles. The molecule has 0 aliphatic carbocycles. The van der Waals surface area contributed by atoms with Crippen molar-refractivity contribution in [3.63, 3.8) is 0 Å². The average molecular weight is 466 g/mol. The summed E-state index contributed by atoms with van der Waals surface area (Å²) < 4.78 is 45.5. The van der Waals surface area contributed by atoms with Gasteiger partial charge in [0.05, 0.1) is 0 Å². The normalized spacial score (nSPS) is 11.4. The van der Waals surface area contributed by atoms with E-state index in [0.717, 1.165) is 0 Å². The van der Waals surface area contributed by atoms with Crippen molar-refractivity contribution in [1.82, 2.24) is 19.5 Å². The van der Waals surface area contributed by atoms with Crippen molar-refractivity contribution in [2.75, 3.05) is 5.73 Å². The van der Waals surface area contributed by atoms with Gasteiger partial charge in [0.15, 0.2) is 22.1 Å². The monoisotopic (exact) mass is 465 g/mol. The summed E-state index contributed by atoms with van der Waals surface area (Å²) in [4.78, 5) is 13.4. The SMILES string of the molecule is Nc1ncnc2c1nc(Sc1cccc(OC(F)F)c1)n2CCc1c(F)cccc1Cl. The molecule has 2 heterocycles. The standard InChI is InChI=1S/C20H15ClF3N5OS/c21-14-5-2-6-15(22)13(14)7-8-29-18-16(17(25)26-10-27-18)28-20(29)31-12-4-1-3-11(9-12)30-19(23)24/h1-6,9-10,19H,7-8H2,(H2,25,26,27). The van der Waals surface area contributed by atoms with Crippen molar-refractivity contribution in [3.8, 4) is 5.75 Å². The molecular weight excluding hydrogens is 451 g/mol. The molecule has 0 aliphatic rings. The second kappa shape index (κ2) is 9.03. The Morgan fingerprint density at radius 1 is 1.16 bits per heavy atom. The van der Waals surface area contributed by atoms with Crippen LogP contribution >= 0.6 is 23.4 Å². The number of hydrogen-bond acceptors (Lipinski definition) is 6. The maximum absolute atomic E-state index is 14.2. The van der Waals surface area contributed by atoms with Gasteiger partial charge >= 0.3 is 6.61 Å². The molecule has 0 radical (unpaired) electrons. The molecule has 31 heavy (non-hydrogen) atoms. The van der Waals surface area contributed by atoms with Crippen molar-refractivity contribution < 1.29 is 17.9 Å². The van der Waals surface area contributed by atoms with Gasteiger partial charge in [0.2, 0.25) is 0 Å². The number of benzene rings is 2. The highest BCUT2D eigenvalue weighted by molar-refractivity contribution is 7.99. The van der Waals surface area contributed by atoms with Crippen LogP contribution in [0.25, 0.3) is 11.2 Å². The Hall–Kier alpha value is -2.98. The number of aromatic nitrogens is 4. The number of nitrogens with two attached hydrogens (primary N) is 1. The van der Waals surface area contributed by atoms with Crippen LogP contribution in [-0.2, 0) is 13.0 Å². The third-order valence-corrected chi connectivity index (χ3v) is 5.75. The molecule has 0 amide bonds. The smallest absolute Gasteiger partial charge is 0.387 e. The van der Waals surface area contributed by atoms with E-state index in [9.17, 15) is 13.2 Å². The molecule has 0 saturated heterocycles. The highest BCUT2D eigenvalue weighted by atomic mass is 35.5. The number of fused-ring (bicyclic) bond motifs is 1. The summed E-state index contributed by atoms with van der Waals surface area (Å²) in [5.74, 6) is -0.179. The summed E-state index contributed by atoms with van der Waals surface area (Å²) in [6, 6.07) is 10.7. The van der Waals surface area contributed by atoms with E-state index in [1.54, 1.807) is 22.8 Å². The van der Waals surface area contributed by atoms with Gasteiger partial charge in [-0.05, 0) is 36.8 Å². The van der Waals surface area contributed by atoms with Gasteiger partial charge in [-0.1, -0.05) is 35.5 Å². The Kier molecular flexibility index (Phi) is 6.19. The first kappa shape index (κ1) is 21.3. The summed E-state index contributed by atoms with van der Waals surface area (Å²) in [6.45, 7) is -2.62. The van der Waals surface area contributed by atoms with Gasteiger partial charge < -0.3 is 15.0 Å². The van der Waals surface area contributed by atoms with Gasteiger partial charge in [0.25, 0.3) is 0 Å². The molecule has 0 fully saturated rings. The lowest BCUT2D eigenvalue weighted by Gasteiger charge is -2.11. The molecule has 160 valence electrons. The van der Waals surface area contributed by atoms with Crippen molar-refractivity contribution in [3.05, 3.63) is 65.2 Å². The number of rotatable bonds is 7. The molecule has 2 aromatic heterocycles. The molecule has 0 saturated carbocycles. The van der Waals surface area contributed by atoms with Crippen LogP contribution in [0.5, 0.6) is 5.75 Å². The first-order chi connectivity index (χ1) is 14.9. The lowest BCUT2D eigenvalue weighted by molar-refractivity contribution is -0.0499. The third-order valence-electron chi connectivity index (χ3n) is 4.41. The summed E-state index contributed by atoms with van der Waals surface area (Å²) >= 11 is 7.36. The van der Waals surface area contributed by atoms with Crippen LogP contribution in [0.1, 0.15) is 5.56 Å². The number of nitrogen functional groups attached to an aromatic ring is 1. The molecule has 4 rings (SSSR count). The first-order valence-electron chi connectivity index (χ1n) is 9.04. The van der Waals surface area contributed by atoms with E-state index in [4.69, 9.17) is 17.3 Å². The maximum atomic E-state index is 14.2. The fourth-order valence-electron chi connectivity index (χ4n) is 3.03. The number of alkyl halides is 2. The number of halogens is 4. The summed E-state index contributed by atoms with van der Waals surface area (Å²) in [7, 11) is 0. The van der Waals surface area contributed by atoms with Crippen molar-refractivity contribution in [2.24, 2.45) is 0 Å². The Labute approximate surface area is 184 Å². The minimum atomic E-state index is -2.93. The van der Waals surface area contributed by atoms with E-state index >= 15 is 0 Å². The fourth-order valence-corrected chi connectivity index (χ4v) is 4.24. The second-order valence-electron chi connectivity index (χ2n) is 6.38. The summed E-state index contributed by atoms with van der Waals surface area (Å²) in [5, 5.41) is 0.813. The van der Waals surface area contributed by atoms with Gasteiger partial charge in [-0.25, -0.2) is 19.3 Å². The lowest BCUT2D eigenvalue weighted by Crippen LogP contribution is -2.06. The number of nitrogens with zero attached hydrogens (tertiary/aromatic N) is 4. The van der Waals surface area contributed by atoms with Crippen LogP contribution in [0.4, 0.5) is 19.0 Å². The predicted octanol–water partition coefficient (Wildman–Crippen LogP) is 5.20. The van der Waals surface area contributed by atoms with Crippen LogP contribution in [0.3, 0.4) is 0 Å². The number of anilines is 1. The number of aryl methyl sites for hydroxylation is 1. The maximum Gasteiger partial charge on any atom is 0.387 e. The van der Waals surface area contributed by atoms with E-state index in [1.165, 1.54) is 42.4 Å². The Morgan fingerprint density at radius 2 is 1.97 bits per heavy atom. The number of imidazole rings is 1. The van der Waals surface area contributed by atoms with Crippen LogP contribution in [0.2, 0.25) is 5.02 Å². The Bertz CT molecular complexity index is 1220. The molecule has 0 spiro atoms. The van der Waals surface area contributed by atoms with Crippen LogP contribution < -0.4 is 10.5 Å². The lowest BCUT2D eigenvalue weighted by atomic mass is 10.1. The van der Waals surface area contributed by atoms with E-state index in [2.05, 4.69) is 19.7 Å². The molecule has 11 heteroatoms. The minimum Gasteiger partial charge on any atom is -0.435 e. The van der Waals surface area contributed by atoms with Crippen LogP contribution in [-0.4, -0.2) is 26.1 Å². The Balaban J connectivity index is 1.69. The summed E-state index contributed by atoms with van der Waals surface area (Å²) in [6.07, 6.45) is 1.60. The molecule has 0 unspecified atom stereocenters. The first-order valence-corrected chi connectivity index (χ1v) is 10.2. The van der Waals surface area contributed by atoms with Crippen LogP contribution in [0.15, 0.2) is 58.8 Å². The molecule has 0 bridgehead atoms. The van der Waals surface area contributed by atoms with Crippen molar-refractivity contribution in [1.29, 1.82) is 0 Å². The number of hydrogen-bond donors (Lipinski definition) is 1.